The van der Waals surface area contributed by atoms with Gasteiger partial charge in [0.1, 0.15) is 6.10 Å². The smallest absolute Gasteiger partial charge is 0.163 e. The van der Waals surface area contributed by atoms with Crippen LogP contribution >= 0.6 is 0 Å². The molecule has 0 amide bonds. The lowest BCUT2D eigenvalue weighted by atomic mass is 10.1. The highest BCUT2D eigenvalue weighted by molar-refractivity contribution is 5.82. The van der Waals surface area contributed by atoms with Crippen LogP contribution in [0.3, 0.4) is 0 Å². The van der Waals surface area contributed by atoms with Gasteiger partial charge in [-0.25, -0.2) is 0 Å². The van der Waals surface area contributed by atoms with Crippen molar-refractivity contribution in [2.24, 2.45) is 0 Å². The summed E-state index contributed by atoms with van der Waals surface area (Å²) in [4.78, 5) is 10.5. The molecule has 0 spiro atoms. The Labute approximate surface area is 54.3 Å². The predicted octanol–water partition coefficient (Wildman–Crippen LogP) is -0.477. The van der Waals surface area contributed by atoms with E-state index in [1.807, 2.05) is 0 Å². The van der Waals surface area contributed by atoms with Crippen molar-refractivity contribution >= 4 is 5.78 Å². The van der Waals surface area contributed by atoms with Crippen molar-refractivity contribution in [3.63, 3.8) is 0 Å². The number of aliphatic hydroxyl groups excluding tert-OH is 2. The van der Waals surface area contributed by atoms with Gasteiger partial charge in [-0.15, -0.1) is 0 Å². The molecule has 3 nitrogen and oxygen atoms in total. The van der Waals surface area contributed by atoms with E-state index in [4.69, 9.17) is 10.2 Å². The lowest BCUT2D eigenvalue weighted by molar-refractivity contribution is -0.128. The molecule has 0 aromatic carbocycles. The third-order valence-electron chi connectivity index (χ3n) is 0.968. The molecule has 0 saturated heterocycles. The van der Waals surface area contributed by atoms with Crippen LogP contribution in [0.1, 0.15) is 12.8 Å². The highest BCUT2D eigenvalue weighted by Crippen LogP contribution is 1.93. The minimum atomic E-state index is -1.20. The second kappa shape index (κ2) is 4.47. The lowest BCUT2D eigenvalue weighted by Crippen LogP contribution is -2.23. The Kier molecular flexibility index (Phi) is 4.26. The number of rotatable bonds is 4. The monoisotopic (exact) mass is 131 g/mol. The van der Waals surface area contributed by atoms with Gasteiger partial charge >= 0.3 is 0 Å². The number of carbonyl (C=O) groups is 1. The van der Waals surface area contributed by atoms with Crippen molar-refractivity contribution in [1.82, 2.24) is 0 Å². The summed E-state index contributed by atoms with van der Waals surface area (Å²) >= 11 is 0. The third kappa shape index (κ3) is 3.21. The maximum atomic E-state index is 10.5. The van der Waals surface area contributed by atoms with Gasteiger partial charge < -0.3 is 10.2 Å². The summed E-state index contributed by atoms with van der Waals surface area (Å²) in [5, 5.41) is 16.9. The number of Topliss-reactive ketones (excluding diaryl/α,β-unsaturated/α-hetero) is 1. The Bertz CT molecular complexity index is 90.3. The van der Waals surface area contributed by atoms with E-state index in [9.17, 15) is 4.79 Å². The van der Waals surface area contributed by atoms with Crippen LogP contribution in [0, 0.1) is 6.92 Å². The van der Waals surface area contributed by atoms with Gasteiger partial charge in [0.05, 0.1) is 6.61 Å². The summed E-state index contributed by atoms with van der Waals surface area (Å²) in [6, 6.07) is 0. The zero-order valence-electron chi connectivity index (χ0n) is 5.21. The molecule has 0 aromatic heterocycles. The summed E-state index contributed by atoms with van der Waals surface area (Å²) < 4.78 is 0. The number of hydrogen-bond donors (Lipinski definition) is 2. The molecule has 0 aliphatic carbocycles. The second-order valence-corrected chi connectivity index (χ2v) is 1.77. The van der Waals surface area contributed by atoms with E-state index in [2.05, 4.69) is 6.92 Å². The molecule has 0 rings (SSSR count). The van der Waals surface area contributed by atoms with Crippen LogP contribution in [0.5, 0.6) is 0 Å². The minimum absolute atomic E-state index is 0.238. The van der Waals surface area contributed by atoms with E-state index in [0.29, 0.717) is 6.42 Å². The molecular weight excluding hydrogens is 120 g/mol. The zero-order chi connectivity index (χ0) is 7.28. The molecule has 0 aliphatic heterocycles. The first kappa shape index (κ1) is 8.59. The van der Waals surface area contributed by atoms with Gasteiger partial charge in [-0.1, -0.05) is 6.92 Å². The zero-order valence-corrected chi connectivity index (χ0v) is 5.21. The van der Waals surface area contributed by atoms with Crippen molar-refractivity contribution in [2.45, 2.75) is 18.9 Å². The molecule has 3 heteroatoms. The van der Waals surface area contributed by atoms with Crippen LogP contribution in [0.4, 0.5) is 0 Å². The molecule has 1 radical (unpaired) electrons. The summed E-state index contributed by atoms with van der Waals surface area (Å²) in [6.45, 7) is 2.94. The van der Waals surface area contributed by atoms with E-state index in [-0.39, 0.29) is 12.2 Å². The Balaban J connectivity index is 3.46. The van der Waals surface area contributed by atoms with Crippen LogP contribution in [0.2, 0.25) is 0 Å². The van der Waals surface area contributed by atoms with Crippen LogP contribution in [0.25, 0.3) is 0 Å². The minimum Gasteiger partial charge on any atom is -0.393 e. The summed E-state index contributed by atoms with van der Waals surface area (Å²) in [7, 11) is 0. The number of ketones is 1. The van der Waals surface area contributed by atoms with Gasteiger partial charge in [0, 0.05) is 6.42 Å². The van der Waals surface area contributed by atoms with E-state index in [1.54, 1.807) is 0 Å². The molecule has 0 aromatic rings. The maximum absolute atomic E-state index is 10.5. The van der Waals surface area contributed by atoms with Gasteiger partial charge in [-0.2, -0.15) is 0 Å². The highest BCUT2D eigenvalue weighted by Gasteiger charge is 2.10. The van der Waals surface area contributed by atoms with E-state index in [1.165, 1.54) is 0 Å². The average Bonchev–Trinajstić information content (AvgIpc) is 1.87. The molecule has 0 aliphatic rings. The average molecular weight is 131 g/mol. The second-order valence-electron chi connectivity index (χ2n) is 1.77. The van der Waals surface area contributed by atoms with Gasteiger partial charge in [0.25, 0.3) is 0 Å². The standard InChI is InChI=1S/C6H11O3/c1-2-3-5(8)6(9)4-7/h6-7,9H,1-4H2. The first-order chi connectivity index (χ1) is 4.22. The first-order valence-corrected chi connectivity index (χ1v) is 2.83. The summed E-state index contributed by atoms with van der Waals surface area (Å²) in [5.74, 6) is -0.340. The van der Waals surface area contributed by atoms with Crippen molar-refractivity contribution in [2.75, 3.05) is 6.61 Å². The van der Waals surface area contributed by atoms with Gasteiger partial charge in [-0.05, 0) is 6.42 Å². The number of aliphatic hydroxyl groups is 2. The lowest BCUT2D eigenvalue weighted by Gasteiger charge is -2.02. The molecule has 53 valence electrons. The van der Waals surface area contributed by atoms with Crippen LogP contribution in [0.15, 0.2) is 0 Å². The fraction of sp³-hybridized carbons (Fsp3) is 0.667. The van der Waals surface area contributed by atoms with Gasteiger partial charge in [0.15, 0.2) is 5.78 Å². The van der Waals surface area contributed by atoms with E-state index >= 15 is 0 Å². The van der Waals surface area contributed by atoms with Crippen LogP contribution in [-0.2, 0) is 4.79 Å². The molecule has 1 unspecified atom stereocenters. The Hall–Kier alpha value is -0.410. The molecule has 1 atom stereocenters. The first-order valence-electron chi connectivity index (χ1n) is 2.83. The van der Waals surface area contributed by atoms with E-state index in [0.717, 1.165) is 0 Å². The van der Waals surface area contributed by atoms with Crippen molar-refractivity contribution < 1.29 is 15.0 Å². The number of hydrogen-bond acceptors (Lipinski definition) is 3. The molecule has 2 N–H and O–H groups in total. The van der Waals surface area contributed by atoms with Gasteiger partial charge in [0.2, 0.25) is 0 Å². The SMILES string of the molecule is [CH2]CCC(=O)C(O)CO. The number of carbonyl (C=O) groups excluding carboxylic acids is 1. The summed E-state index contributed by atoms with van der Waals surface area (Å²) in [5.41, 5.74) is 0. The Morgan fingerprint density at radius 1 is 1.67 bits per heavy atom. The maximum Gasteiger partial charge on any atom is 0.163 e. The summed E-state index contributed by atoms with van der Waals surface area (Å²) in [6.07, 6.45) is -0.496. The molecular formula is C6H11O3. The van der Waals surface area contributed by atoms with Crippen LogP contribution < -0.4 is 0 Å². The van der Waals surface area contributed by atoms with Gasteiger partial charge in [-0.3, -0.25) is 4.79 Å². The topological polar surface area (TPSA) is 57.5 Å². The van der Waals surface area contributed by atoms with Crippen molar-refractivity contribution in [1.29, 1.82) is 0 Å². The van der Waals surface area contributed by atoms with Crippen molar-refractivity contribution in [3.05, 3.63) is 6.92 Å². The highest BCUT2D eigenvalue weighted by atomic mass is 16.3. The van der Waals surface area contributed by atoms with E-state index < -0.39 is 12.7 Å². The molecule has 0 fully saturated rings. The Morgan fingerprint density at radius 2 is 2.22 bits per heavy atom. The fourth-order valence-electron chi connectivity index (χ4n) is 0.443. The Morgan fingerprint density at radius 3 is 2.56 bits per heavy atom. The van der Waals surface area contributed by atoms with Crippen molar-refractivity contribution in [3.8, 4) is 0 Å². The quantitative estimate of drug-likeness (QED) is 0.542. The largest absolute Gasteiger partial charge is 0.393 e. The molecule has 0 saturated carbocycles. The molecule has 9 heavy (non-hydrogen) atoms. The molecule has 0 bridgehead atoms. The molecule has 0 heterocycles. The normalized spacial score (nSPS) is 13.2. The third-order valence-corrected chi connectivity index (χ3v) is 0.968. The fourth-order valence-corrected chi connectivity index (χ4v) is 0.443. The predicted molar refractivity (Wildman–Crippen MR) is 32.7 cm³/mol. The van der Waals surface area contributed by atoms with Crippen LogP contribution in [-0.4, -0.2) is 28.7 Å².